The zero-order chi connectivity index (χ0) is 17.3. The minimum atomic E-state index is 0.235. The van der Waals surface area contributed by atoms with E-state index in [2.05, 4.69) is 13.2 Å². The van der Waals surface area contributed by atoms with E-state index in [1.165, 1.54) is 0 Å². The molecule has 3 heteroatoms. The van der Waals surface area contributed by atoms with Gasteiger partial charge in [0, 0.05) is 0 Å². The van der Waals surface area contributed by atoms with E-state index in [0.717, 1.165) is 44.9 Å². The lowest BCUT2D eigenvalue weighted by molar-refractivity contribution is 0.174. The van der Waals surface area contributed by atoms with Gasteiger partial charge in [0.2, 0.25) is 6.79 Å². The molecule has 1 aliphatic rings. The van der Waals surface area contributed by atoms with E-state index in [1.54, 1.807) is 12.1 Å². The summed E-state index contributed by atoms with van der Waals surface area (Å²) in [6, 6.07) is 10.9. The molecule has 1 heterocycles. The lowest BCUT2D eigenvalue weighted by Crippen LogP contribution is -1.95. The second-order valence-electron chi connectivity index (χ2n) is 5.73. The van der Waals surface area contributed by atoms with Gasteiger partial charge in [0.1, 0.15) is 5.75 Å². The minimum absolute atomic E-state index is 0.235. The molecule has 2 aromatic rings. The first kappa shape index (κ1) is 15.9. The maximum Gasteiger partial charge on any atom is 0.231 e. The number of ether oxygens (including phenoxy) is 2. The van der Waals surface area contributed by atoms with Crippen molar-refractivity contribution >= 4 is 11.1 Å². The maximum absolute atomic E-state index is 9.46. The van der Waals surface area contributed by atoms with E-state index in [4.69, 9.17) is 9.47 Å². The van der Waals surface area contributed by atoms with Crippen LogP contribution >= 0.6 is 0 Å². The molecule has 0 atom stereocenters. The van der Waals surface area contributed by atoms with E-state index >= 15 is 0 Å². The molecule has 3 nitrogen and oxygen atoms in total. The summed E-state index contributed by atoms with van der Waals surface area (Å²) in [6.45, 7) is 12.7. The third-order valence-electron chi connectivity index (χ3n) is 4.20. The van der Waals surface area contributed by atoms with Crippen molar-refractivity contribution in [2.75, 3.05) is 6.79 Å². The number of allylic oxidation sites excluding steroid dienone is 4. The number of fused-ring (bicyclic) bond motifs is 1. The van der Waals surface area contributed by atoms with Crippen LogP contribution in [0, 0.1) is 6.92 Å². The third kappa shape index (κ3) is 2.81. The Kier molecular flexibility index (Phi) is 4.17. The summed E-state index contributed by atoms with van der Waals surface area (Å²) in [7, 11) is 0. The Bertz CT molecular complexity index is 842. The van der Waals surface area contributed by atoms with E-state index in [0.29, 0.717) is 0 Å². The molecule has 0 fully saturated rings. The topological polar surface area (TPSA) is 38.7 Å². The van der Waals surface area contributed by atoms with Gasteiger partial charge in [-0.1, -0.05) is 31.4 Å². The second-order valence-corrected chi connectivity index (χ2v) is 5.73. The van der Waals surface area contributed by atoms with Crippen LogP contribution in [0.15, 0.2) is 61.2 Å². The van der Waals surface area contributed by atoms with Crippen molar-refractivity contribution in [3.05, 3.63) is 77.9 Å². The summed E-state index contributed by atoms with van der Waals surface area (Å²) in [6.07, 6.45) is 2.00. The fourth-order valence-electron chi connectivity index (χ4n) is 2.86. The fraction of sp³-hybridized carbons (Fsp3) is 0.143. The summed E-state index contributed by atoms with van der Waals surface area (Å²) >= 11 is 0. The SMILES string of the molecule is C=C(/C(=C/C)C(=C)c1cc2c(cc1C)OCO2)c1ccc(O)cc1. The van der Waals surface area contributed by atoms with Crippen molar-refractivity contribution in [1.29, 1.82) is 0 Å². The number of rotatable bonds is 4. The molecule has 1 N–H and O–H groups in total. The quantitative estimate of drug-likeness (QED) is 0.796. The van der Waals surface area contributed by atoms with Gasteiger partial charge >= 0.3 is 0 Å². The fourth-order valence-corrected chi connectivity index (χ4v) is 2.86. The molecule has 0 unspecified atom stereocenters. The van der Waals surface area contributed by atoms with Gasteiger partial charge in [-0.2, -0.15) is 0 Å². The van der Waals surface area contributed by atoms with E-state index in [-0.39, 0.29) is 12.5 Å². The minimum Gasteiger partial charge on any atom is -0.508 e. The van der Waals surface area contributed by atoms with Gasteiger partial charge in [0.25, 0.3) is 0 Å². The lowest BCUT2D eigenvalue weighted by Gasteiger charge is -2.16. The number of benzene rings is 2. The van der Waals surface area contributed by atoms with Crippen LogP contribution in [0.5, 0.6) is 17.2 Å². The highest BCUT2D eigenvalue weighted by Crippen LogP contribution is 2.40. The van der Waals surface area contributed by atoms with Crippen LogP contribution in [0.4, 0.5) is 0 Å². The van der Waals surface area contributed by atoms with Crippen LogP contribution in [0.25, 0.3) is 11.1 Å². The average molecular weight is 320 g/mol. The van der Waals surface area contributed by atoms with Crippen LogP contribution in [0.3, 0.4) is 0 Å². The number of hydrogen-bond acceptors (Lipinski definition) is 3. The first-order chi connectivity index (χ1) is 11.5. The van der Waals surface area contributed by atoms with Crippen molar-refractivity contribution in [2.45, 2.75) is 13.8 Å². The predicted molar refractivity (Wildman–Crippen MR) is 97.2 cm³/mol. The summed E-state index contributed by atoms with van der Waals surface area (Å²) < 4.78 is 10.9. The van der Waals surface area contributed by atoms with Gasteiger partial charge in [0.15, 0.2) is 11.5 Å². The number of aryl methyl sites for hydroxylation is 1. The Morgan fingerprint density at radius 1 is 1.04 bits per heavy atom. The Morgan fingerprint density at radius 3 is 2.29 bits per heavy atom. The highest BCUT2D eigenvalue weighted by atomic mass is 16.7. The lowest BCUT2D eigenvalue weighted by atomic mass is 9.88. The molecule has 24 heavy (non-hydrogen) atoms. The summed E-state index contributed by atoms with van der Waals surface area (Å²) in [5.41, 5.74) is 5.73. The van der Waals surface area contributed by atoms with Crippen LogP contribution in [0.1, 0.15) is 23.6 Å². The molecule has 0 saturated carbocycles. The molecule has 0 aromatic heterocycles. The Morgan fingerprint density at radius 2 is 1.67 bits per heavy atom. The normalized spacial score (nSPS) is 13.0. The van der Waals surface area contributed by atoms with Gasteiger partial charge in [-0.05, 0) is 71.5 Å². The van der Waals surface area contributed by atoms with E-state index in [1.807, 2.05) is 44.2 Å². The van der Waals surface area contributed by atoms with Crippen LogP contribution in [0.2, 0.25) is 0 Å². The molecule has 3 rings (SSSR count). The first-order valence-electron chi connectivity index (χ1n) is 7.76. The third-order valence-corrected chi connectivity index (χ3v) is 4.20. The number of hydrogen-bond donors (Lipinski definition) is 1. The number of phenols is 1. The summed E-state index contributed by atoms with van der Waals surface area (Å²) in [5, 5.41) is 9.46. The van der Waals surface area contributed by atoms with Crippen LogP contribution in [-0.2, 0) is 0 Å². The van der Waals surface area contributed by atoms with Crippen molar-refractivity contribution in [2.24, 2.45) is 0 Å². The monoisotopic (exact) mass is 320 g/mol. The Balaban J connectivity index is 1.96. The summed E-state index contributed by atoms with van der Waals surface area (Å²) in [5.74, 6) is 1.74. The molecule has 0 saturated heterocycles. The smallest absolute Gasteiger partial charge is 0.231 e. The molecular formula is C21H20O3. The number of aromatic hydroxyl groups is 1. The van der Waals surface area contributed by atoms with E-state index < -0.39 is 0 Å². The molecule has 0 aliphatic carbocycles. The number of phenolic OH excluding ortho intramolecular Hbond substituents is 1. The zero-order valence-corrected chi connectivity index (χ0v) is 13.9. The molecule has 2 aromatic carbocycles. The largest absolute Gasteiger partial charge is 0.508 e. The summed E-state index contributed by atoms with van der Waals surface area (Å²) in [4.78, 5) is 0. The Hall–Kier alpha value is -2.94. The molecule has 122 valence electrons. The average Bonchev–Trinajstić information content (AvgIpc) is 3.02. The molecule has 0 radical (unpaired) electrons. The van der Waals surface area contributed by atoms with Crippen molar-refractivity contribution in [1.82, 2.24) is 0 Å². The highest BCUT2D eigenvalue weighted by molar-refractivity contribution is 5.97. The van der Waals surface area contributed by atoms with Gasteiger partial charge < -0.3 is 14.6 Å². The molecule has 0 spiro atoms. The maximum atomic E-state index is 9.46. The van der Waals surface area contributed by atoms with E-state index in [9.17, 15) is 5.11 Å². The van der Waals surface area contributed by atoms with Crippen LogP contribution < -0.4 is 9.47 Å². The zero-order valence-electron chi connectivity index (χ0n) is 13.9. The molecule has 0 bridgehead atoms. The second kappa shape index (κ2) is 6.28. The van der Waals surface area contributed by atoms with Crippen LogP contribution in [-0.4, -0.2) is 11.9 Å². The standard InChI is InChI=1S/C21H20O3/c1-5-18(14(3)16-6-8-17(22)9-7-16)15(4)19-11-21-20(10-13(19)2)23-12-24-21/h5-11,22H,3-4,12H2,1-2H3/b18-5-. The van der Waals surface area contributed by atoms with Crippen molar-refractivity contribution < 1.29 is 14.6 Å². The molecule has 1 aliphatic heterocycles. The van der Waals surface area contributed by atoms with Gasteiger partial charge in [0.05, 0.1) is 0 Å². The van der Waals surface area contributed by atoms with Gasteiger partial charge in [-0.15, -0.1) is 0 Å². The van der Waals surface area contributed by atoms with Gasteiger partial charge in [-0.3, -0.25) is 0 Å². The molecular weight excluding hydrogens is 300 g/mol. The first-order valence-corrected chi connectivity index (χ1v) is 7.76. The highest BCUT2D eigenvalue weighted by Gasteiger charge is 2.19. The molecule has 0 amide bonds. The van der Waals surface area contributed by atoms with Crippen molar-refractivity contribution in [3.63, 3.8) is 0 Å². The Labute approximate surface area is 142 Å². The van der Waals surface area contributed by atoms with Crippen molar-refractivity contribution in [3.8, 4) is 17.2 Å². The van der Waals surface area contributed by atoms with Gasteiger partial charge in [-0.25, -0.2) is 0 Å². The predicted octanol–water partition coefficient (Wildman–Crippen LogP) is 5.10.